The van der Waals surface area contributed by atoms with E-state index in [0.29, 0.717) is 0 Å². The Kier molecular flexibility index (Phi) is 5.45. The van der Waals surface area contributed by atoms with Gasteiger partial charge in [0.2, 0.25) is 5.91 Å². The van der Waals surface area contributed by atoms with Gasteiger partial charge in [0.25, 0.3) is 0 Å². The summed E-state index contributed by atoms with van der Waals surface area (Å²) >= 11 is 0. The zero-order valence-electron chi connectivity index (χ0n) is 11.0. The highest BCUT2D eigenvalue weighted by Crippen LogP contribution is 2.29. The van der Waals surface area contributed by atoms with E-state index in [1.54, 1.807) is 0 Å². The number of nitrogens with one attached hydrogen (secondary N) is 1. The lowest BCUT2D eigenvalue weighted by Crippen LogP contribution is -2.39. The Morgan fingerprint density at radius 1 is 1.24 bits per heavy atom. The molecule has 0 aromatic heterocycles. The van der Waals surface area contributed by atoms with Gasteiger partial charge in [0.1, 0.15) is 6.42 Å². The van der Waals surface area contributed by atoms with E-state index in [0.717, 1.165) is 24.7 Å². The maximum absolute atomic E-state index is 11.5. The van der Waals surface area contributed by atoms with E-state index in [9.17, 15) is 9.59 Å². The molecular weight excluding hydrogens is 218 g/mol. The van der Waals surface area contributed by atoms with Crippen LogP contribution in [0, 0.1) is 11.8 Å². The monoisotopic (exact) mass is 241 g/mol. The van der Waals surface area contributed by atoms with Gasteiger partial charge in [-0.2, -0.15) is 0 Å². The molecule has 0 spiro atoms. The number of carbonyl (C=O) groups is 2. The van der Waals surface area contributed by atoms with E-state index >= 15 is 0 Å². The molecule has 0 aromatic rings. The Hall–Kier alpha value is -1.06. The third-order valence-corrected chi connectivity index (χ3v) is 3.61. The maximum atomic E-state index is 11.5. The van der Waals surface area contributed by atoms with Crippen molar-refractivity contribution >= 4 is 11.9 Å². The van der Waals surface area contributed by atoms with Crippen LogP contribution in [0.25, 0.3) is 0 Å². The van der Waals surface area contributed by atoms with Gasteiger partial charge >= 0.3 is 5.97 Å². The molecule has 0 heterocycles. The lowest BCUT2D eigenvalue weighted by Gasteiger charge is -2.31. The van der Waals surface area contributed by atoms with Gasteiger partial charge in [-0.15, -0.1) is 0 Å². The fourth-order valence-corrected chi connectivity index (χ4v) is 2.41. The van der Waals surface area contributed by atoms with Crippen molar-refractivity contribution in [1.82, 2.24) is 5.32 Å². The second kappa shape index (κ2) is 6.62. The molecule has 1 aliphatic carbocycles. The van der Waals surface area contributed by atoms with Crippen molar-refractivity contribution in [3.05, 3.63) is 0 Å². The van der Waals surface area contributed by atoms with E-state index in [2.05, 4.69) is 23.9 Å². The number of hydrogen-bond acceptors (Lipinski definition) is 3. The zero-order valence-corrected chi connectivity index (χ0v) is 11.0. The Labute approximate surface area is 103 Å². The Morgan fingerprint density at radius 2 is 1.82 bits per heavy atom. The van der Waals surface area contributed by atoms with Gasteiger partial charge in [0.05, 0.1) is 7.11 Å². The molecule has 1 aliphatic rings. The first-order chi connectivity index (χ1) is 8.02. The van der Waals surface area contributed by atoms with Crippen molar-refractivity contribution in [3.63, 3.8) is 0 Å². The lowest BCUT2D eigenvalue weighted by molar-refractivity contribution is -0.144. The average Bonchev–Trinajstić information content (AvgIpc) is 2.29. The van der Waals surface area contributed by atoms with Crippen molar-refractivity contribution in [2.75, 3.05) is 7.11 Å². The van der Waals surface area contributed by atoms with Crippen molar-refractivity contribution in [1.29, 1.82) is 0 Å². The number of hydrogen-bond donors (Lipinski definition) is 1. The number of carbonyl (C=O) groups excluding carboxylic acids is 2. The minimum atomic E-state index is -0.474. The van der Waals surface area contributed by atoms with Crippen LogP contribution < -0.4 is 5.32 Å². The van der Waals surface area contributed by atoms with Crippen LogP contribution in [0.2, 0.25) is 0 Å². The molecular formula is C13H23NO3. The third-order valence-electron chi connectivity index (χ3n) is 3.61. The summed E-state index contributed by atoms with van der Waals surface area (Å²) in [7, 11) is 1.30. The summed E-state index contributed by atoms with van der Waals surface area (Å²) in [4.78, 5) is 22.4. The molecule has 0 atom stereocenters. The first-order valence-corrected chi connectivity index (χ1v) is 6.39. The van der Waals surface area contributed by atoms with E-state index in [4.69, 9.17) is 0 Å². The summed E-state index contributed by atoms with van der Waals surface area (Å²) in [5.41, 5.74) is 0. The van der Waals surface area contributed by atoms with Gasteiger partial charge in [-0.1, -0.05) is 13.8 Å². The molecule has 0 radical (unpaired) electrons. The van der Waals surface area contributed by atoms with Crippen LogP contribution in [0.5, 0.6) is 0 Å². The molecule has 0 aromatic carbocycles. The topological polar surface area (TPSA) is 55.4 Å². The Bertz CT molecular complexity index is 268. The highest BCUT2D eigenvalue weighted by atomic mass is 16.5. The molecule has 1 rings (SSSR count). The number of esters is 1. The molecule has 98 valence electrons. The predicted octanol–water partition coefficient (Wildman–Crippen LogP) is 1.88. The highest BCUT2D eigenvalue weighted by Gasteiger charge is 2.24. The maximum Gasteiger partial charge on any atom is 0.315 e. The van der Waals surface area contributed by atoms with Crippen LogP contribution in [0.3, 0.4) is 0 Å². The molecule has 1 N–H and O–H groups in total. The molecule has 17 heavy (non-hydrogen) atoms. The summed E-state index contributed by atoms with van der Waals surface area (Å²) in [6.45, 7) is 4.50. The molecule has 4 heteroatoms. The number of rotatable bonds is 4. The highest BCUT2D eigenvalue weighted by molar-refractivity contribution is 5.94. The molecule has 4 nitrogen and oxygen atoms in total. The largest absolute Gasteiger partial charge is 0.469 e. The summed E-state index contributed by atoms with van der Waals surface area (Å²) in [5, 5.41) is 2.90. The van der Waals surface area contributed by atoms with Gasteiger partial charge in [0.15, 0.2) is 0 Å². The van der Waals surface area contributed by atoms with Crippen molar-refractivity contribution in [2.45, 2.75) is 52.0 Å². The van der Waals surface area contributed by atoms with Gasteiger partial charge in [-0.05, 0) is 37.5 Å². The standard InChI is InChI=1S/C13H23NO3/c1-9(2)10-4-6-11(7-5-10)14-12(15)8-13(16)17-3/h9-11H,4-8H2,1-3H3,(H,14,15). The van der Waals surface area contributed by atoms with Crippen molar-refractivity contribution in [2.24, 2.45) is 11.8 Å². The molecule has 0 aliphatic heterocycles. The van der Waals surface area contributed by atoms with E-state index in [-0.39, 0.29) is 18.4 Å². The summed E-state index contributed by atoms with van der Waals surface area (Å²) in [5.74, 6) is 0.814. The quantitative estimate of drug-likeness (QED) is 0.604. The summed E-state index contributed by atoms with van der Waals surface area (Å²) < 4.78 is 4.46. The van der Waals surface area contributed by atoms with Crippen LogP contribution in [0.4, 0.5) is 0 Å². The van der Waals surface area contributed by atoms with Crippen LogP contribution in [0.1, 0.15) is 46.0 Å². The SMILES string of the molecule is COC(=O)CC(=O)NC1CCC(C(C)C)CC1. The third kappa shape index (κ3) is 4.75. The second-order valence-electron chi connectivity index (χ2n) is 5.18. The molecule has 1 saturated carbocycles. The van der Waals surface area contributed by atoms with E-state index in [1.165, 1.54) is 20.0 Å². The average molecular weight is 241 g/mol. The van der Waals surface area contributed by atoms with Crippen LogP contribution in [-0.2, 0) is 14.3 Å². The summed E-state index contributed by atoms with van der Waals surface area (Å²) in [6.07, 6.45) is 4.22. The number of amides is 1. The van der Waals surface area contributed by atoms with Crippen molar-refractivity contribution < 1.29 is 14.3 Å². The minimum absolute atomic E-state index is 0.166. The van der Waals surface area contributed by atoms with E-state index in [1.807, 2.05) is 0 Å². The smallest absolute Gasteiger partial charge is 0.315 e. The Morgan fingerprint density at radius 3 is 2.29 bits per heavy atom. The van der Waals surface area contributed by atoms with Crippen LogP contribution in [0.15, 0.2) is 0 Å². The normalized spacial score (nSPS) is 24.5. The van der Waals surface area contributed by atoms with Gasteiger partial charge in [0, 0.05) is 6.04 Å². The predicted molar refractivity (Wildman–Crippen MR) is 65.4 cm³/mol. The fourth-order valence-electron chi connectivity index (χ4n) is 2.41. The summed E-state index contributed by atoms with van der Waals surface area (Å²) in [6, 6.07) is 0.238. The van der Waals surface area contributed by atoms with Crippen LogP contribution >= 0.6 is 0 Å². The second-order valence-corrected chi connectivity index (χ2v) is 5.18. The molecule has 0 unspecified atom stereocenters. The molecule has 1 amide bonds. The lowest BCUT2D eigenvalue weighted by atomic mass is 9.80. The van der Waals surface area contributed by atoms with E-state index < -0.39 is 5.97 Å². The first-order valence-electron chi connectivity index (χ1n) is 6.39. The zero-order chi connectivity index (χ0) is 12.8. The molecule has 1 fully saturated rings. The van der Waals surface area contributed by atoms with Gasteiger partial charge in [-0.25, -0.2) is 0 Å². The fraction of sp³-hybridized carbons (Fsp3) is 0.846. The first kappa shape index (κ1) is 14.0. The molecule has 0 saturated heterocycles. The Balaban J connectivity index is 2.26. The number of ether oxygens (including phenoxy) is 1. The van der Waals surface area contributed by atoms with Crippen LogP contribution in [-0.4, -0.2) is 25.0 Å². The van der Waals surface area contributed by atoms with Gasteiger partial charge < -0.3 is 10.1 Å². The minimum Gasteiger partial charge on any atom is -0.469 e. The number of methoxy groups -OCH3 is 1. The van der Waals surface area contributed by atoms with Crippen molar-refractivity contribution in [3.8, 4) is 0 Å². The van der Waals surface area contributed by atoms with Gasteiger partial charge in [-0.3, -0.25) is 9.59 Å². The molecule has 0 bridgehead atoms.